The third-order valence-corrected chi connectivity index (χ3v) is 6.39. The third kappa shape index (κ3) is 3.19. The maximum absolute atomic E-state index is 14.1. The van der Waals surface area contributed by atoms with E-state index in [1.807, 2.05) is 24.3 Å². The Bertz CT molecular complexity index is 1250. The average molecular weight is 437 g/mol. The fraction of sp³-hybridized carbons (Fsp3) is 0.167. The van der Waals surface area contributed by atoms with Crippen LogP contribution in [0, 0.1) is 5.82 Å². The van der Waals surface area contributed by atoms with Crippen molar-refractivity contribution >= 4 is 34.5 Å². The van der Waals surface area contributed by atoms with Gasteiger partial charge in [0.1, 0.15) is 5.76 Å². The minimum absolute atomic E-state index is 0.0214. The quantitative estimate of drug-likeness (QED) is 0.399. The number of pyridine rings is 1. The van der Waals surface area contributed by atoms with Gasteiger partial charge in [0.15, 0.2) is 5.82 Å². The van der Waals surface area contributed by atoms with Crippen molar-refractivity contribution in [3.63, 3.8) is 0 Å². The molecule has 2 aromatic carbocycles. The summed E-state index contributed by atoms with van der Waals surface area (Å²) in [5, 5.41) is 23.5. The van der Waals surface area contributed by atoms with E-state index in [1.54, 1.807) is 12.1 Å². The second-order valence-electron chi connectivity index (χ2n) is 7.93. The molecule has 31 heavy (non-hydrogen) atoms. The summed E-state index contributed by atoms with van der Waals surface area (Å²) < 4.78 is 14.1. The zero-order chi connectivity index (χ0) is 21.8. The van der Waals surface area contributed by atoms with Crippen LogP contribution >= 0.6 is 11.6 Å². The summed E-state index contributed by atoms with van der Waals surface area (Å²) in [5.41, 5.74) is 3.22. The highest BCUT2D eigenvalue weighted by Crippen LogP contribution is 2.48. The molecular formula is C24H18ClFN2O3. The Morgan fingerprint density at radius 3 is 2.55 bits per heavy atom. The molecule has 3 N–H and O–H groups in total. The molecule has 5 rings (SSSR count). The van der Waals surface area contributed by atoms with E-state index in [0.717, 1.165) is 30.2 Å². The average Bonchev–Trinajstić information content (AvgIpc) is 3.50. The third-order valence-electron chi connectivity index (χ3n) is 6.08. The molecule has 1 aliphatic carbocycles. The number of carbonyl (C=O) groups excluding carboxylic acids is 1. The SMILES string of the molecule is O=C1Nc2cc(Cl)c(-c3ccc(C4(CO)CC4)cc3)cc2C1=C(O)c1ccncc1F. The number of aliphatic hydroxyl groups is 2. The number of amides is 1. The molecule has 0 atom stereocenters. The van der Waals surface area contributed by atoms with Gasteiger partial charge >= 0.3 is 0 Å². The van der Waals surface area contributed by atoms with Gasteiger partial charge in [0.25, 0.3) is 5.91 Å². The fourth-order valence-corrected chi connectivity index (χ4v) is 4.31. The van der Waals surface area contributed by atoms with E-state index in [1.165, 1.54) is 12.3 Å². The maximum atomic E-state index is 14.1. The van der Waals surface area contributed by atoms with Crippen LogP contribution in [-0.4, -0.2) is 27.7 Å². The van der Waals surface area contributed by atoms with Gasteiger partial charge in [0, 0.05) is 22.7 Å². The van der Waals surface area contributed by atoms with Gasteiger partial charge in [-0.15, -0.1) is 0 Å². The van der Waals surface area contributed by atoms with Crippen LogP contribution in [0.1, 0.15) is 29.5 Å². The van der Waals surface area contributed by atoms with Crippen molar-refractivity contribution in [3.05, 3.63) is 82.4 Å². The van der Waals surface area contributed by atoms with Crippen molar-refractivity contribution in [2.45, 2.75) is 18.3 Å². The molecule has 1 amide bonds. The summed E-state index contributed by atoms with van der Waals surface area (Å²) in [6.45, 7) is 0.124. The van der Waals surface area contributed by atoms with Gasteiger partial charge in [-0.2, -0.15) is 0 Å². The van der Waals surface area contributed by atoms with Gasteiger partial charge in [-0.3, -0.25) is 9.78 Å². The number of hydrogen-bond acceptors (Lipinski definition) is 4. The van der Waals surface area contributed by atoms with Crippen LogP contribution < -0.4 is 5.32 Å². The summed E-state index contributed by atoms with van der Waals surface area (Å²) in [4.78, 5) is 16.3. The van der Waals surface area contributed by atoms with Crippen LogP contribution in [0.4, 0.5) is 10.1 Å². The molecule has 7 heteroatoms. The summed E-state index contributed by atoms with van der Waals surface area (Å²) in [6, 6.07) is 12.5. The molecule has 1 aromatic heterocycles. The van der Waals surface area contributed by atoms with Crippen molar-refractivity contribution < 1.29 is 19.4 Å². The normalized spacial score (nSPS) is 17.8. The predicted molar refractivity (Wildman–Crippen MR) is 117 cm³/mol. The lowest BCUT2D eigenvalue weighted by Crippen LogP contribution is -2.11. The van der Waals surface area contributed by atoms with Crippen molar-refractivity contribution in [2.24, 2.45) is 0 Å². The summed E-state index contributed by atoms with van der Waals surface area (Å²) >= 11 is 6.49. The highest BCUT2D eigenvalue weighted by atomic mass is 35.5. The van der Waals surface area contributed by atoms with Gasteiger partial charge in [-0.25, -0.2) is 4.39 Å². The van der Waals surface area contributed by atoms with Crippen LogP contribution in [0.2, 0.25) is 5.02 Å². The zero-order valence-corrected chi connectivity index (χ0v) is 17.1. The molecule has 156 valence electrons. The summed E-state index contributed by atoms with van der Waals surface area (Å²) in [7, 11) is 0. The standard InChI is InChI=1S/C24H18ClFN2O3/c25-18-10-20-17(21(23(31)28-20)22(30)15-5-8-27-11-19(15)26)9-16(18)13-1-3-14(4-2-13)24(12-29)6-7-24/h1-5,8-11,29-30H,6-7,12H2,(H,28,31). The van der Waals surface area contributed by atoms with E-state index in [0.29, 0.717) is 21.8 Å². The minimum atomic E-state index is -0.726. The lowest BCUT2D eigenvalue weighted by molar-refractivity contribution is -0.110. The van der Waals surface area contributed by atoms with Gasteiger partial charge in [0.05, 0.1) is 34.7 Å². The second-order valence-corrected chi connectivity index (χ2v) is 8.33. The number of aromatic nitrogens is 1. The first-order valence-electron chi connectivity index (χ1n) is 9.84. The number of nitrogens with one attached hydrogen (secondary N) is 1. The maximum Gasteiger partial charge on any atom is 0.260 e. The Balaban J connectivity index is 1.60. The van der Waals surface area contributed by atoms with Crippen molar-refractivity contribution in [2.75, 3.05) is 11.9 Å². The fourth-order valence-electron chi connectivity index (χ4n) is 4.04. The van der Waals surface area contributed by atoms with Crippen LogP contribution in [-0.2, 0) is 10.2 Å². The number of benzene rings is 2. The smallest absolute Gasteiger partial charge is 0.260 e. The van der Waals surface area contributed by atoms with Crippen molar-refractivity contribution in [3.8, 4) is 11.1 Å². The molecule has 0 radical (unpaired) electrons. The molecule has 0 bridgehead atoms. The second kappa shape index (κ2) is 7.18. The van der Waals surface area contributed by atoms with Crippen molar-refractivity contribution in [1.82, 2.24) is 4.98 Å². The van der Waals surface area contributed by atoms with Crippen LogP contribution in [0.15, 0.2) is 54.9 Å². The Morgan fingerprint density at radius 2 is 1.90 bits per heavy atom. The Hall–Kier alpha value is -3.22. The Morgan fingerprint density at radius 1 is 1.16 bits per heavy atom. The Kier molecular flexibility index (Phi) is 4.57. The van der Waals surface area contributed by atoms with Gasteiger partial charge in [0.2, 0.25) is 0 Å². The molecular weight excluding hydrogens is 419 g/mol. The lowest BCUT2D eigenvalue weighted by Gasteiger charge is -2.14. The lowest BCUT2D eigenvalue weighted by atomic mass is 9.93. The van der Waals surface area contributed by atoms with E-state index in [4.69, 9.17) is 11.6 Å². The molecule has 0 saturated heterocycles. The monoisotopic (exact) mass is 436 g/mol. The van der Waals surface area contributed by atoms with E-state index in [9.17, 15) is 19.4 Å². The number of halogens is 2. The first kappa shape index (κ1) is 19.7. The highest BCUT2D eigenvalue weighted by molar-refractivity contribution is 6.38. The first-order chi connectivity index (χ1) is 14.9. The molecule has 0 unspecified atom stereocenters. The number of aliphatic hydroxyl groups excluding tert-OH is 2. The first-order valence-corrected chi connectivity index (χ1v) is 10.2. The van der Waals surface area contributed by atoms with Gasteiger partial charge in [-0.05, 0) is 42.2 Å². The molecule has 2 heterocycles. The van der Waals surface area contributed by atoms with E-state index >= 15 is 0 Å². The Labute approximate surface area is 182 Å². The van der Waals surface area contributed by atoms with Crippen LogP contribution in [0.25, 0.3) is 22.5 Å². The van der Waals surface area contributed by atoms with Crippen molar-refractivity contribution in [1.29, 1.82) is 0 Å². The summed E-state index contributed by atoms with van der Waals surface area (Å²) in [5.74, 6) is -1.72. The highest BCUT2D eigenvalue weighted by Gasteiger charge is 2.43. The molecule has 3 aromatic rings. The largest absolute Gasteiger partial charge is 0.506 e. The van der Waals surface area contributed by atoms with Crippen LogP contribution in [0.5, 0.6) is 0 Å². The molecule has 1 fully saturated rings. The number of hydrogen-bond donors (Lipinski definition) is 3. The van der Waals surface area contributed by atoms with Crippen LogP contribution in [0.3, 0.4) is 0 Å². The molecule has 1 saturated carbocycles. The molecule has 2 aliphatic rings. The predicted octanol–water partition coefficient (Wildman–Crippen LogP) is 4.94. The molecule has 1 aliphatic heterocycles. The molecule has 0 spiro atoms. The van der Waals surface area contributed by atoms with E-state index in [2.05, 4.69) is 10.3 Å². The van der Waals surface area contributed by atoms with E-state index < -0.39 is 17.5 Å². The number of nitrogens with zero attached hydrogens (tertiary/aromatic N) is 1. The zero-order valence-electron chi connectivity index (χ0n) is 16.3. The number of rotatable bonds is 4. The van der Waals surface area contributed by atoms with E-state index in [-0.39, 0.29) is 23.2 Å². The molecule has 5 nitrogen and oxygen atoms in total. The number of carbonyl (C=O) groups is 1. The van der Waals surface area contributed by atoms with Gasteiger partial charge < -0.3 is 15.5 Å². The number of anilines is 1. The minimum Gasteiger partial charge on any atom is -0.506 e. The topological polar surface area (TPSA) is 82.5 Å². The van der Waals surface area contributed by atoms with Gasteiger partial charge in [-0.1, -0.05) is 35.9 Å². The summed E-state index contributed by atoms with van der Waals surface area (Å²) in [6.07, 6.45) is 4.26. The number of fused-ring (bicyclic) bond motifs is 1.